The molecule has 0 aliphatic rings. The van der Waals surface area contributed by atoms with Crippen LogP contribution in [0.1, 0.15) is 11.4 Å². The molecule has 0 spiro atoms. The Balaban J connectivity index is 2.01. The molecule has 2 rings (SSSR count). The van der Waals surface area contributed by atoms with Gasteiger partial charge in [0.1, 0.15) is 0 Å². The van der Waals surface area contributed by atoms with Crippen LogP contribution >= 0.6 is 11.3 Å². The van der Waals surface area contributed by atoms with Crippen molar-refractivity contribution < 1.29 is 13.5 Å². The van der Waals surface area contributed by atoms with E-state index in [-0.39, 0.29) is 11.5 Å². The number of rotatable bonds is 6. The van der Waals surface area contributed by atoms with Crippen LogP contribution in [0.25, 0.3) is 0 Å². The molecule has 2 aromatic heterocycles. The molecule has 104 valence electrons. The minimum Gasteiger partial charge on any atom is -0.390 e. The van der Waals surface area contributed by atoms with Crippen LogP contribution < -0.4 is 4.72 Å². The van der Waals surface area contributed by atoms with Crippen LogP contribution in [-0.2, 0) is 30.1 Å². The average molecular weight is 301 g/mol. The molecular weight excluding hydrogens is 286 g/mol. The van der Waals surface area contributed by atoms with Crippen LogP contribution in [0.15, 0.2) is 28.0 Å². The molecule has 0 atom stereocenters. The van der Waals surface area contributed by atoms with Crippen molar-refractivity contribution in [1.29, 1.82) is 0 Å². The Kier molecular flexibility index (Phi) is 4.35. The third-order valence-electron chi connectivity index (χ3n) is 2.71. The Hall–Kier alpha value is -1.22. The van der Waals surface area contributed by atoms with E-state index in [1.54, 1.807) is 17.1 Å². The fraction of sp³-hybridized carbons (Fsp3) is 0.364. The van der Waals surface area contributed by atoms with E-state index in [9.17, 15) is 8.42 Å². The zero-order valence-corrected chi connectivity index (χ0v) is 12.0. The molecule has 0 fully saturated rings. The maximum absolute atomic E-state index is 12.0. The Labute approximate surface area is 115 Å². The number of aliphatic hydroxyl groups excluding tert-OH is 1. The number of sulfonamides is 1. The van der Waals surface area contributed by atoms with E-state index in [2.05, 4.69) is 9.71 Å². The molecule has 0 bridgehead atoms. The molecule has 2 heterocycles. The zero-order chi connectivity index (χ0) is 13.9. The molecular formula is C11H15N3O3S2. The van der Waals surface area contributed by atoms with E-state index in [0.717, 1.165) is 5.69 Å². The minimum absolute atomic E-state index is 0.164. The summed E-state index contributed by atoms with van der Waals surface area (Å²) in [5.41, 5.74) is 3.14. The zero-order valence-electron chi connectivity index (χ0n) is 10.4. The van der Waals surface area contributed by atoms with Crippen molar-refractivity contribution in [1.82, 2.24) is 14.3 Å². The van der Waals surface area contributed by atoms with Crippen molar-refractivity contribution in [2.45, 2.75) is 17.9 Å². The van der Waals surface area contributed by atoms with Crippen LogP contribution in [0.3, 0.4) is 0 Å². The quantitative estimate of drug-likeness (QED) is 0.813. The normalized spacial score (nSPS) is 11.9. The summed E-state index contributed by atoms with van der Waals surface area (Å²) in [6.45, 7) is 0.111. The van der Waals surface area contributed by atoms with Gasteiger partial charge in [0.05, 0.1) is 22.7 Å². The molecule has 0 aliphatic carbocycles. The third kappa shape index (κ3) is 3.41. The number of hydrogen-bond acceptors (Lipinski definition) is 5. The van der Waals surface area contributed by atoms with Gasteiger partial charge in [-0.1, -0.05) is 0 Å². The number of nitrogens with one attached hydrogen (secondary N) is 1. The SMILES string of the molecule is Cn1cc(S(=O)(=O)NCCc2cscn2)cc1CO. The third-order valence-corrected chi connectivity index (χ3v) is 4.78. The lowest BCUT2D eigenvalue weighted by atomic mass is 10.3. The first-order valence-corrected chi connectivity index (χ1v) is 8.08. The first-order valence-electron chi connectivity index (χ1n) is 5.66. The summed E-state index contributed by atoms with van der Waals surface area (Å²) in [7, 11) is -1.84. The number of nitrogens with zero attached hydrogens (tertiary/aromatic N) is 2. The highest BCUT2D eigenvalue weighted by atomic mass is 32.2. The molecule has 8 heteroatoms. The van der Waals surface area contributed by atoms with Crippen LogP contribution in [0.5, 0.6) is 0 Å². The smallest absolute Gasteiger partial charge is 0.242 e. The van der Waals surface area contributed by atoms with Gasteiger partial charge in [-0.3, -0.25) is 0 Å². The van der Waals surface area contributed by atoms with Gasteiger partial charge in [-0.15, -0.1) is 11.3 Å². The summed E-state index contributed by atoms with van der Waals surface area (Å²) in [5.74, 6) is 0. The second-order valence-electron chi connectivity index (χ2n) is 4.06. The highest BCUT2D eigenvalue weighted by Crippen LogP contribution is 2.13. The summed E-state index contributed by atoms with van der Waals surface area (Å²) < 4.78 is 28.1. The molecule has 0 saturated carbocycles. The maximum Gasteiger partial charge on any atom is 0.242 e. The van der Waals surface area contributed by atoms with Crippen LogP contribution in [0, 0.1) is 0 Å². The van der Waals surface area contributed by atoms with E-state index < -0.39 is 10.0 Å². The highest BCUT2D eigenvalue weighted by molar-refractivity contribution is 7.89. The lowest BCUT2D eigenvalue weighted by Crippen LogP contribution is -2.25. The molecule has 0 amide bonds. The summed E-state index contributed by atoms with van der Waals surface area (Å²) in [6, 6.07) is 1.46. The first-order chi connectivity index (χ1) is 9.03. The Morgan fingerprint density at radius 1 is 1.53 bits per heavy atom. The van der Waals surface area contributed by atoms with Crippen molar-refractivity contribution in [3.63, 3.8) is 0 Å². The molecule has 0 aliphatic heterocycles. The van der Waals surface area contributed by atoms with Crippen molar-refractivity contribution in [3.8, 4) is 0 Å². The number of thiazole rings is 1. The van der Waals surface area contributed by atoms with Gasteiger partial charge in [-0.2, -0.15) is 0 Å². The Morgan fingerprint density at radius 2 is 2.32 bits per heavy atom. The molecule has 0 aromatic carbocycles. The fourth-order valence-corrected chi connectivity index (χ4v) is 3.36. The fourth-order valence-electron chi connectivity index (χ4n) is 1.64. The summed E-state index contributed by atoms with van der Waals surface area (Å²) in [5, 5.41) is 10.9. The Bertz CT molecular complexity index is 632. The van der Waals surface area contributed by atoms with Gasteiger partial charge in [0, 0.05) is 37.3 Å². The van der Waals surface area contributed by atoms with Crippen molar-refractivity contribution in [2.75, 3.05) is 6.54 Å². The lowest BCUT2D eigenvalue weighted by molar-refractivity contribution is 0.272. The monoisotopic (exact) mass is 301 g/mol. The second-order valence-corrected chi connectivity index (χ2v) is 6.55. The van der Waals surface area contributed by atoms with Crippen LogP contribution in [0.2, 0.25) is 0 Å². The van der Waals surface area contributed by atoms with Gasteiger partial charge in [0.15, 0.2) is 0 Å². The number of aliphatic hydroxyl groups is 1. The molecule has 2 aromatic rings. The van der Waals surface area contributed by atoms with E-state index in [4.69, 9.17) is 5.11 Å². The van der Waals surface area contributed by atoms with Gasteiger partial charge in [0.2, 0.25) is 10.0 Å². The van der Waals surface area contributed by atoms with Crippen molar-refractivity contribution in [3.05, 3.63) is 34.5 Å². The molecule has 0 unspecified atom stereocenters. The summed E-state index contributed by atoms with van der Waals surface area (Å²) >= 11 is 1.48. The van der Waals surface area contributed by atoms with Crippen LogP contribution in [0.4, 0.5) is 0 Å². The van der Waals surface area contributed by atoms with Gasteiger partial charge in [0.25, 0.3) is 0 Å². The van der Waals surface area contributed by atoms with Gasteiger partial charge in [-0.25, -0.2) is 18.1 Å². The standard InChI is InChI=1S/C11H15N3O3S2/c1-14-5-11(4-10(14)6-15)19(16,17)13-3-2-9-7-18-8-12-9/h4-5,7-8,13,15H,2-3,6H2,1H3. The lowest BCUT2D eigenvalue weighted by Gasteiger charge is -2.03. The topological polar surface area (TPSA) is 84.2 Å². The minimum atomic E-state index is -3.53. The molecule has 19 heavy (non-hydrogen) atoms. The molecule has 6 nitrogen and oxygen atoms in total. The predicted octanol–water partition coefficient (Wildman–Crippen LogP) is 0.495. The highest BCUT2D eigenvalue weighted by Gasteiger charge is 2.16. The number of aryl methyl sites for hydroxylation is 1. The van der Waals surface area contributed by atoms with Gasteiger partial charge >= 0.3 is 0 Å². The van der Waals surface area contributed by atoms with Gasteiger partial charge in [-0.05, 0) is 6.07 Å². The largest absolute Gasteiger partial charge is 0.390 e. The van der Waals surface area contributed by atoms with Crippen LogP contribution in [-0.4, -0.2) is 29.6 Å². The average Bonchev–Trinajstić information content (AvgIpc) is 2.98. The van der Waals surface area contributed by atoms with E-state index in [0.29, 0.717) is 18.7 Å². The second kappa shape index (κ2) is 5.83. The van der Waals surface area contributed by atoms with Crippen molar-refractivity contribution in [2.24, 2.45) is 7.05 Å². The van der Waals surface area contributed by atoms with Gasteiger partial charge < -0.3 is 9.67 Å². The van der Waals surface area contributed by atoms with Crippen molar-refractivity contribution >= 4 is 21.4 Å². The van der Waals surface area contributed by atoms with E-state index in [1.165, 1.54) is 23.6 Å². The number of aromatic nitrogens is 2. The first kappa shape index (κ1) is 14.2. The van der Waals surface area contributed by atoms with E-state index in [1.807, 2.05) is 5.38 Å². The maximum atomic E-state index is 12.0. The Morgan fingerprint density at radius 3 is 2.89 bits per heavy atom. The van der Waals surface area contributed by atoms with E-state index >= 15 is 0 Å². The summed E-state index contributed by atoms with van der Waals surface area (Å²) in [6.07, 6.45) is 2.04. The number of hydrogen-bond donors (Lipinski definition) is 2. The molecule has 0 saturated heterocycles. The predicted molar refractivity (Wildman–Crippen MR) is 72.3 cm³/mol. The molecule has 0 radical (unpaired) electrons. The molecule has 2 N–H and O–H groups in total. The summed E-state index contributed by atoms with van der Waals surface area (Å²) in [4.78, 5) is 4.25.